The molecule has 116 valence electrons. The largest absolute Gasteiger partial charge is 0.477 e. The van der Waals surface area contributed by atoms with Gasteiger partial charge in [0, 0.05) is 23.5 Å². The molecule has 8 heteroatoms. The fourth-order valence-corrected chi connectivity index (χ4v) is 1.95. The van der Waals surface area contributed by atoms with E-state index in [1.807, 2.05) is 0 Å². The number of carboxylic acid groups (broad SMARTS) is 1. The number of halogens is 4. The van der Waals surface area contributed by atoms with Gasteiger partial charge in [-0.25, -0.2) is 9.18 Å². The second kappa shape index (κ2) is 5.63. The third-order valence-corrected chi connectivity index (χ3v) is 2.84. The molecule has 0 atom stereocenters. The van der Waals surface area contributed by atoms with E-state index in [1.54, 1.807) is 0 Å². The molecule has 1 N–H and O–H groups in total. The van der Waals surface area contributed by atoms with Gasteiger partial charge in [-0.05, 0) is 6.07 Å². The van der Waals surface area contributed by atoms with Crippen LogP contribution >= 0.6 is 0 Å². The minimum atomic E-state index is -4.61. The molecule has 0 radical (unpaired) electrons. The SMILES string of the molecule is O=C(O)c1cn(CC(F)(F)F)cc(-c2ccccc2F)c1=O. The van der Waals surface area contributed by atoms with Gasteiger partial charge in [0.2, 0.25) is 5.43 Å². The van der Waals surface area contributed by atoms with E-state index >= 15 is 0 Å². The van der Waals surface area contributed by atoms with E-state index in [1.165, 1.54) is 18.2 Å². The van der Waals surface area contributed by atoms with Gasteiger partial charge in [-0.15, -0.1) is 0 Å². The van der Waals surface area contributed by atoms with Crippen molar-refractivity contribution in [3.63, 3.8) is 0 Å². The molecule has 1 aromatic carbocycles. The number of benzene rings is 1. The van der Waals surface area contributed by atoms with Crippen molar-refractivity contribution in [3.8, 4) is 11.1 Å². The summed E-state index contributed by atoms with van der Waals surface area (Å²) in [5, 5.41) is 8.94. The molecule has 0 saturated heterocycles. The third-order valence-electron chi connectivity index (χ3n) is 2.84. The molecule has 0 amide bonds. The van der Waals surface area contributed by atoms with Gasteiger partial charge in [-0.2, -0.15) is 13.2 Å². The zero-order chi connectivity index (χ0) is 16.5. The number of pyridine rings is 1. The minimum Gasteiger partial charge on any atom is -0.477 e. The van der Waals surface area contributed by atoms with E-state index in [0.29, 0.717) is 10.8 Å². The van der Waals surface area contributed by atoms with Crippen LogP contribution in [0.5, 0.6) is 0 Å². The highest BCUT2D eigenvalue weighted by Crippen LogP contribution is 2.22. The second-order valence-electron chi connectivity index (χ2n) is 4.49. The van der Waals surface area contributed by atoms with Gasteiger partial charge < -0.3 is 9.67 Å². The first-order chi connectivity index (χ1) is 10.2. The molecule has 0 spiro atoms. The number of alkyl halides is 3. The molecule has 0 aliphatic heterocycles. The summed E-state index contributed by atoms with van der Waals surface area (Å²) in [5.74, 6) is -2.51. The van der Waals surface area contributed by atoms with E-state index < -0.39 is 41.1 Å². The predicted molar refractivity (Wildman–Crippen MR) is 69.1 cm³/mol. The van der Waals surface area contributed by atoms with Crippen LogP contribution in [0.1, 0.15) is 10.4 Å². The monoisotopic (exact) mass is 315 g/mol. The van der Waals surface area contributed by atoms with Crippen molar-refractivity contribution in [2.45, 2.75) is 12.7 Å². The molecular weight excluding hydrogens is 306 g/mol. The molecule has 0 saturated carbocycles. The number of rotatable bonds is 3. The summed E-state index contributed by atoms with van der Waals surface area (Å²) in [7, 11) is 0. The van der Waals surface area contributed by atoms with Crippen molar-refractivity contribution in [2.24, 2.45) is 0 Å². The Labute approximate surface area is 121 Å². The summed E-state index contributed by atoms with van der Waals surface area (Å²) in [4.78, 5) is 23.1. The Morgan fingerprint density at radius 3 is 2.32 bits per heavy atom. The zero-order valence-corrected chi connectivity index (χ0v) is 10.9. The van der Waals surface area contributed by atoms with Gasteiger partial charge in [0.05, 0.1) is 0 Å². The first-order valence-corrected chi connectivity index (χ1v) is 5.98. The standard InChI is InChI=1S/C14H9F4NO3/c15-11-4-2-1-3-8(11)9-5-19(7-14(16,17)18)6-10(12(9)20)13(21)22/h1-6H,7H2,(H,21,22). The van der Waals surface area contributed by atoms with Gasteiger partial charge >= 0.3 is 12.1 Å². The van der Waals surface area contributed by atoms with Crippen LogP contribution in [0.2, 0.25) is 0 Å². The first kappa shape index (κ1) is 15.7. The van der Waals surface area contributed by atoms with E-state index in [2.05, 4.69) is 0 Å². The molecule has 22 heavy (non-hydrogen) atoms. The summed E-state index contributed by atoms with van der Waals surface area (Å²) in [5.41, 5.74) is -2.60. The number of hydrogen-bond donors (Lipinski definition) is 1. The lowest BCUT2D eigenvalue weighted by Gasteiger charge is -2.13. The zero-order valence-electron chi connectivity index (χ0n) is 10.9. The molecule has 1 aromatic heterocycles. The molecule has 0 aliphatic carbocycles. The van der Waals surface area contributed by atoms with E-state index in [4.69, 9.17) is 5.11 Å². The fourth-order valence-electron chi connectivity index (χ4n) is 1.95. The fraction of sp³-hybridized carbons (Fsp3) is 0.143. The average molecular weight is 315 g/mol. The van der Waals surface area contributed by atoms with Crippen LogP contribution in [-0.4, -0.2) is 21.8 Å². The molecule has 0 bridgehead atoms. The molecule has 0 unspecified atom stereocenters. The lowest BCUT2D eigenvalue weighted by Crippen LogP contribution is -2.24. The Bertz CT molecular complexity index is 780. The highest BCUT2D eigenvalue weighted by molar-refractivity contribution is 5.88. The van der Waals surface area contributed by atoms with Crippen LogP contribution < -0.4 is 5.43 Å². The number of nitrogens with zero attached hydrogens (tertiary/aromatic N) is 1. The van der Waals surface area contributed by atoms with Gasteiger partial charge in [-0.3, -0.25) is 4.79 Å². The average Bonchev–Trinajstić information content (AvgIpc) is 2.39. The number of carbonyl (C=O) groups is 1. The van der Waals surface area contributed by atoms with Gasteiger partial charge in [-0.1, -0.05) is 18.2 Å². The number of carboxylic acids is 1. The van der Waals surface area contributed by atoms with Gasteiger partial charge in [0.15, 0.2) is 0 Å². The van der Waals surface area contributed by atoms with Crippen molar-refractivity contribution in [1.29, 1.82) is 0 Å². The van der Waals surface area contributed by atoms with Crippen molar-refractivity contribution in [2.75, 3.05) is 0 Å². The topological polar surface area (TPSA) is 59.3 Å². The summed E-state index contributed by atoms with van der Waals surface area (Å²) < 4.78 is 51.6. The second-order valence-corrected chi connectivity index (χ2v) is 4.49. The van der Waals surface area contributed by atoms with E-state index in [9.17, 15) is 27.2 Å². The normalized spacial score (nSPS) is 11.5. The maximum atomic E-state index is 13.7. The first-order valence-electron chi connectivity index (χ1n) is 5.98. The quantitative estimate of drug-likeness (QED) is 0.886. The third kappa shape index (κ3) is 3.33. The summed E-state index contributed by atoms with van der Waals surface area (Å²) in [6, 6.07) is 4.94. The molecule has 1 heterocycles. The van der Waals surface area contributed by atoms with Crippen LogP contribution in [-0.2, 0) is 6.54 Å². The Balaban J connectivity index is 2.70. The molecule has 0 fully saturated rings. The van der Waals surface area contributed by atoms with Crippen molar-refractivity contribution < 1.29 is 27.5 Å². The molecule has 4 nitrogen and oxygen atoms in total. The maximum absolute atomic E-state index is 13.7. The van der Waals surface area contributed by atoms with Crippen molar-refractivity contribution in [1.82, 2.24) is 4.57 Å². The van der Waals surface area contributed by atoms with Gasteiger partial charge in [0.1, 0.15) is 17.9 Å². The highest BCUT2D eigenvalue weighted by atomic mass is 19.4. The van der Waals surface area contributed by atoms with E-state index in [0.717, 1.165) is 12.3 Å². The van der Waals surface area contributed by atoms with Gasteiger partial charge in [0.25, 0.3) is 0 Å². The molecule has 2 rings (SSSR count). The van der Waals surface area contributed by atoms with E-state index in [-0.39, 0.29) is 5.56 Å². The summed E-state index contributed by atoms with van der Waals surface area (Å²) in [6.45, 7) is -1.49. The predicted octanol–water partition coefficient (Wildman–Crippen LogP) is 2.91. The van der Waals surface area contributed by atoms with Crippen LogP contribution in [0.15, 0.2) is 41.5 Å². The lowest BCUT2D eigenvalue weighted by atomic mass is 10.0. The summed E-state index contributed by atoms with van der Waals surface area (Å²) >= 11 is 0. The molecular formula is C14H9F4NO3. The maximum Gasteiger partial charge on any atom is 0.406 e. The van der Waals surface area contributed by atoms with Crippen molar-refractivity contribution in [3.05, 3.63) is 58.3 Å². The number of aromatic nitrogens is 1. The Morgan fingerprint density at radius 1 is 1.14 bits per heavy atom. The number of aromatic carboxylic acids is 1. The van der Waals surface area contributed by atoms with Crippen LogP contribution in [0.3, 0.4) is 0 Å². The van der Waals surface area contributed by atoms with Crippen LogP contribution in [0, 0.1) is 5.82 Å². The smallest absolute Gasteiger partial charge is 0.406 e. The number of hydrogen-bond acceptors (Lipinski definition) is 2. The minimum absolute atomic E-state index is 0.258. The van der Waals surface area contributed by atoms with Crippen LogP contribution in [0.25, 0.3) is 11.1 Å². The Hall–Kier alpha value is -2.64. The molecule has 0 aliphatic rings. The lowest BCUT2D eigenvalue weighted by molar-refractivity contribution is -0.140. The Kier molecular flexibility index (Phi) is 4.03. The Morgan fingerprint density at radius 2 is 1.77 bits per heavy atom. The highest BCUT2D eigenvalue weighted by Gasteiger charge is 2.28. The van der Waals surface area contributed by atoms with Crippen molar-refractivity contribution >= 4 is 5.97 Å². The summed E-state index contributed by atoms with van der Waals surface area (Å²) in [6.07, 6.45) is -3.24. The van der Waals surface area contributed by atoms with Crippen LogP contribution in [0.4, 0.5) is 17.6 Å². The molecule has 2 aromatic rings.